The summed E-state index contributed by atoms with van der Waals surface area (Å²) in [6, 6.07) is 59.7. The Labute approximate surface area is 344 Å². The van der Waals surface area contributed by atoms with Gasteiger partial charge in [0, 0.05) is 66.1 Å². The van der Waals surface area contributed by atoms with Crippen LogP contribution in [-0.2, 0) is 12.5 Å². The van der Waals surface area contributed by atoms with E-state index in [1.54, 1.807) is 0 Å². The molecule has 0 radical (unpaired) electrons. The lowest BCUT2D eigenvalue weighted by Crippen LogP contribution is -2.14. The highest BCUT2D eigenvalue weighted by Crippen LogP contribution is 2.46. The van der Waals surface area contributed by atoms with E-state index in [9.17, 15) is 0 Å². The number of ether oxygens (including phenoxy) is 1. The summed E-state index contributed by atoms with van der Waals surface area (Å²) in [5, 5.41) is 6.21. The molecular formula is C53H45N5O. The highest BCUT2D eigenvalue weighted by atomic mass is 16.5. The van der Waals surface area contributed by atoms with Crippen LogP contribution >= 0.6 is 0 Å². The Hall–Kier alpha value is -7.31. The van der Waals surface area contributed by atoms with Crippen molar-refractivity contribution in [3.05, 3.63) is 182 Å². The van der Waals surface area contributed by atoms with E-state index in [1.807, 2.05) is 18.3 Å². The smallest absolute Gasteiger partial charge is 0.137 e. The second kappa shape index (κ2) is 14.3. The Bertz CT molecular complexity index is 3060. The number of rotatable bonds is 9. The van der Waals surface area contributed by atoms with Crippen molar-refractivity contribution in [3.63, 3.8) is 0 Å². The van der Waals surface area contributed by atoms with E-state index in [0.29, 0.717) is 0 Å². The van der Waals surface area contributed by atoms with Crippen LogP contribution in [0.4, 0.5) is 22.7 Å². The summed E-state index contributed by atoms with van der Waals surface area (Å²) in [4.78, 5) is 7.21. The van der Waals surface area contributed by atoms with Crippen molar-refractivity contribution in [3.8, 4) is 39.6 Å². The van der Waals surface area contributed by atoms with Gasteiger partial charge in [0.1, 0.15) is 17.3 Å². The number of pyridine rings is 1. The summed E-state index contributed by atoms with van der Waals surface area (Å²) in [7, 11) is 4.29. The molecule has 0 aliphatic carbocycles. The minimum Gasteiger partial charge on any atom is -0.457 e. The lowest BCUT2D eigenvalue weighted by atomic mass is 9.88. The standard InChI is InChI=1S/C53H45N5O/c1-53(2,3)37-29-30-54-49(31-37)58-46-28-16-27-45-50(46)51-47(56(45)4)33-40(34-48(51)58)59-39-22-14-21-38(32-39)55-43-25-12-13-26-44(43)57(5)52-41(35-17-8-6-9-18-35)23-15-24-42(52)36-19-10-7-11-20-36/h6-34,55H,1-5H3. The molecule has 0 unspecified atom stereocenters. The summed E-state index contributed by atoms with van der Waals surface area (Å²) >= 11 is 0. The summed E-state index contributed by atoms with van der Waals surface area (Å²) in [6.07, 6.45) is 1.93. The van der Waals surface area contributed by atoms with Gasteiger partial charge in [-0.1, -0.05) is 124 Å². The Kier molecular flexibility index (Phi) is 8.71. The topological polar surface area (TPSA) is 47.2 Å². The predicted molar refractivity (Wildman–Crippen MR) is 247 cm³/mol. The SMILES string of the molecule is CN(c1ccccc1Nc1cccc(Oc2cc3c4c5c(cccc5n(-c5cc(C(C)(C)C)ccn5)c4c2)n3C)c1)c1c(-c2ccccc2)cccc1-c1ccccc1. The first-order valence-electron chi connectivity index (χ1n) is 20.2. The number of para-hydroxylation sites is 3. The van der Waals surface area contributed by atoms with Gasteiger partial charge >= 0.3 is 0 Å². The van der Waals surface area contributed by atoms with E-state index in [-0.39, 0.29) is 5.41 Å². The summed E-state index contributed by atoms with van der Waals surface area (Å²) in [5.74, 6) is 2.40. The van der Waals surface area contributed by atoms with Crippen molar-refractivity contribution in [1.82, 2.24) is 14.1 Å². The second-order valence-corrected chi connectivity index (χ2v) is 16.3. The van der Waals surface area contributed by atoms with Gasteiger partial charge in [-0.05, 0) is 70.6 Å². The molecule has 3 aromatic heterocycles. The van der Waals surface area contributed by atoms with Gasteiger partial charge in [0.2, 0.25) is 0 Å². The molecule has 1 N–H and O–H groups in total. The lowest BCUT2D eigenvalue weighted by Gasteiger charge is -2.28. The van der Waals surface area contributed by atoms with Crippen LogP contribution in [0.5, 0.6) is 11.5 Å². The van der Waals surface area contributed by atoms with Crippen LogP contribution < -0.4 is 15.0 Å². The van der Waals surface area contributed by atoms with Gasteiger partial charge < -0.3 is 19.5 Å². The van der Waals surface area contributed by atoms with Crippen LogP contribution in [0.1, 0.15) is 26.3 Å². The fourth-order valence-electron chi connectivity index (χ4n) is 8.63. The molecule has 6 heteroatoms. The van der Waals surface area contributed by atoms with Crippen molar-refractivity contribution in [2.24, 2.45) is 7.05 Å². The molecule has 0 amide bonds. The van der Waals surface area contributed by atoms with Crippen molar-refractivity contribution in [1.29, 1.82) is 0 Å². The van der Waals surface area contributed by atoms with Gasteiger partial charge in [-0.3, -0.25) is 4.57 Å². The largest absolute Gasteiger partial charge is 0.457 e. The number of benzene rings is 7. The molecule has 59 heavy (non-hydrogen) atoms. The Morgan fingerprint density at radius 2 is 1.20 bits per heavy atom. The molecule has 0 fully saturated rings. The quantitative estimate of drug-likeness (QED) is 0.159. The van der Waals surface area contributed by atoms with Crippen LogP contribution in [0.25, 0.3) is 60.9 Å². The third-order valence-corrected chi connectivity index (χ3v) is 11.5. The highest BCUT2D eigenvalue weighted by Gasteiger charge is 2.24. The van der Waals surface area contributed by atoms with Gasteiger partial charge in [0.25, 0.3) is 0 Å². The zero-order valence-electron chi connectivity index (χ0n) is 33.9. The molecule has 10 aromatic rings. The molecule has 3 heterocycles. The molecule has 0 aliphatic rings. The molecule has 0 spiro atoms. The fraction of sp³-hybridized carbons (Fsp3) is 0.113. The minimum absolute atomic E-state index is 0.00887. The van der Waals surface area contributed by atoms with Crippen LogP contribution in [0.3, 0.4) is 0 Å². The predicted octanol–water partition coefficient (Wildman–Crippen LogP) is 14.0. The van der Waals surface area contributed by atoms with Crippen molar-refractivity contribution in [2.75, 3.05) is 17.3 Å². The van der Waals surface area contributed by atoms with Gasteiger partial charge in [0.05, 0.1) is 39.1 Å². The molecule has 6 nitrogen and oxygen atoms in total. The molecule has 0 atom stereocenters. The maximum Gasteiger partial charge on any atom is 0.137 e. The van der Waals surface area contributed by atoms with E-state index in [4.69, 9.17) is 9.72 Å². The summed E-state index contributed by atoms with van der Waals surface area (Å²) in [5.41, 5.74) is 14.5. The van der Waals surface area contributed by atoms with Gasteiger partial charge in [-0.2, -0.15) is 0 Å². The lowest BCUT2D eigenvalue weighted by molar-refractivity contribution is 0.484. The molecule has 0 saturated heterocycles. The van der Waals surface area contributed by atoms with Crippen LogP contribution in [-0.4, -0.2) is 21.2 Å². The minimum atomic E-state index is -0.00887. The fourth-order valence-corrected chi connectivity index (χ4v) is 8.63. The average Bonchev–Trinajstić information content (AvgIpc) is 3.75. The van der Waals surface area contributed by atoms with E-state index in [1.165, 1.54) is 44.1 Å². The van der Waals surface area contributed by atoms with Crippen LogP contribution in [0, 0.1) is 0 Å². The number of anilines is 4. The van der Waals surface area contributed by atoms with Gasteiger partial charge in [-0.15, -0.1) is 0 Å². The third kappa shape index (κ3) is 6.34. The monoisotopic (exact) mass is 767 g/mol. The molecule has 0 saturated carbocycles. The summed E-state index contributed by atoms with van der Waals surface area (Å²) < 4.78 is 11.3. The molecule has 0 bridgehead atoms. The molecule has 288 valence electrons. The van der Waals surface area contributed by atoms with E-state index >= 15 is 0 Å². The number of nitrogens with one attached hydrogen (secondary N) is 1. The normalized spacial score (nSPS) is 11.8. The first kappa shape index (κ1) is 36.1. The maximum absolute atomic E-state index is 6.77. The maximum atomic E-state index is 6.77. The number of aryl methyl sites for hydroxylation is 1. The number of aromatic nitrogens is 3. The van der Waals surface area contributed by atoms with Crippen molar-refractivity contribution >= 4 is 55.6 Å². The van der Waals surface area contributed by atoms with Gasteiger partial charge in [0.15, 0.2) is 0 Å². The second-order valence-electron chi connectivity index (χ2n) is 16.3. The van der Waals surface area contributed by atoms with E-state index in [0.717, 1.165) is 56.6 Å². The highest BCUT2D eigenvalue weighted by molar-refractivity contribution is 6.25. The summed E-state index contributed by atoms with van der Waals surface area (Å²) in [6.45, 7) is 6.72. The van der Waals surface area contributed by atoms with E-state index in [2.05, 4.69) is 212 Å². The molecule has 10 rings (SSSR count). The van der Waals surface area contributed by atoms with E-state index < -0.39 is 0 Å². The van der Waals surface area contributed by atoms with Gasteiger partial charge in [-0.25, -0.2) is 4.98 Å². The Morgan fingerprint density at radius 1 is 0.576 bits per heavy atom. The average molecular weight is 768 g/mol. The van der Waals surface area contributed by atoms with Crippen molar-refractivity contribution < 1.29 is 4.74 Å². The first-order chi connectivity index (χ1) is 28.7. The molecule has 7 aromatic carbocycles. The van der Waals surface area contributed by atoms with Crippen LogP contribution in [0.2, 0.25) is 0 Å². The number of nitrogens with zero attached hydrogens (tertiary/aromatic N) is 4. The molecule has 0 aliphatic heterocycles. The molecular weight excluding hydrogens is 723 g/mol. The Morgan fingerprint density at radius 3 is 1.93 bits per heavy atom. The number of hydrogen-bond acceptors (Lipinski definition) is 4. The number of hydrogen-bond donors (Lipinski definition) is 1. The first-order valence-corrected chi connectivity index (χ1v) is 20.2. The zero-order chi connectivity index (χ0) is 40.3. The zero-order valence-corrected chi connectivity index (χ0v) is 33.9. The third-order valence-electron chi connectivity index (χ3n) is 11.5. The van der Waals surface area contributed by atoms with Crippen LogP contribution in [0.15, 0.2) is 176 Å². The van der Waals surface area contributed by atoms with Crippen molar-refractivity contribution in [2.45, 2.75) is 26.2 Å². The Balaban J connectivity index is 1.02.